The van der Waals surface area contributed by atoms with Gasteiger partial charge in [-0.25, -0.2) is 8.96 Å². The van der Waals surface area contributed by atoms with Crippen LogP contribution >= 0.6 is 0 Å². The number of halogens is 1. The Morgan fingerprint density at radius 2 is 1.73 bits per heavy atom. The first kappa shape index (κ1) is 18.1. The Balaban J connectivity index is 2.31. The molecule has 3 rings (SSSR count). The molecule has 0 saturated heterocycles. The molecule has 0 N–H and O–H groups in total. The molecule has 0 aliphatic rings. The van der Waals surface area contributed by atoms with E-state index in [9.17, 15) is 4.39 Å². The maximum Gasteiger partial charge on any atom is 0.294 e. The Bertz CT molecular complexity index is 951. The van der Waals surface area contributed by atoms with Gasteiger partial charge < -0.3 is 0 Å². The zero-order chi connectivity index (χ0) is 19.1. The predicted molar refractivity (Wildman–Crippen MR) is 106 cm³/mol. The van der Waals surface area contributed by atoms with Gasteiger partial charge in [0.2, 0.25) is 0 Å². The van der Waals surface area contributed by atoms with Crippen molar-refractivity contribution in [1.82, 2.24) is 4.57 Å². The maximum atomic E-state index is 14.9. The highest BCUT2D eigenvalue weighted by atomic mass is 19.1. The van der Waals surface area contributed by atoms with Gasteiger partial charge in [-0.1, -0.05) is 30.9 Å². The first-order chi connectivity index (χ1) is 12.2. The van der Waals surface area contributed by atoms with Gasteiger partial charge in [0.1, 0.15) is 23.7 Å². The van der Waals surface area contributed by atoms with Crippen LogP contribution < -0.4 is 4.57 Å². The Hall–Kier alpha value is -2.68. The molecule has 0 aliphatic carbocycles. The fourth-order valence-corrected chi connectivity index (χ4v) is 3.66. The number of imidazole rings is 1. The number of benzene rings is 2. The molecular formula is C23H26FN2+. The van der Waals surface area contributed by atoms with Crippen LogP contribution in [0.4, 0.5) is 4.39 Å². The lowest BCUT2D eigenvalue weighted by atomic mass is 9.94. The fourth-order valence-electron chi connectivity index (χ4n) is 3.66. The lowest BCUT2D eigenvalue weighted by molar-refractivity contribution is -0.659. The molecule has 0 aliphatic heterocycles. The molecule has 0 saturated carbocycles. The summed E-state index contributed by atoms with van der Waals surface area (Å²) >= 11 is 0. The molecule has 0 bridgehead atoms. The normalized spacial score (nSPS) is 11.6. The first-order valence-corrected chi connectivity index (χ1v) is 8.84. The highest BCUT2D eigenvalue weighted by Gasteiger charge is 2.29. The summed E-state index contributed by atoms with van der Waals surface area (Å²) in [5.74, 6) is 0.962. The van der Waals surface area contributed by atoms with Crippen molar-refractivity contribution in [2.24, 2.45) is 7.05 Å². The lowest BCUT2D eigenvalue weighted by Crippen LogP contribution is -2.30. The molecule has 0 spiro atoms. The third kappa shape index (κ3) is 3.10. The summed E-state index contributed by atoms with van der Waals surface area (Å²) in [6.45, 7) is 11.3. The van der Waals surface area contributed by atoms with Crippen LogP contribution in [-0.2, 0) is 12.7 Å². The topological polar surface area (TPSA) is 8.81 Å². The third-order valence-corrected chi connectivity index (χ3v) is 4.80. The predicted octanol–water partition coefficient (Wildman–Crippen LogP) is 5.43. The second-order valence-corrected chi connectivity index (χ2v) is 7.33. The number of hydrogen-bond donors (Lipinski definition) is 0. The monoisotopic (exact) mass is 349 g/mol. The van der Waals surface area contributed by atoms with E-state index in [0.29, 0.717) is 5.56 Å². The highest BCUT2D eigenvalue weighted by Crippen LogP contribution is 2.34. The summed E-state index contributed by atoms with van der Waals surface area (Å²) in [5.41, 5.74) is 4.72. The van der Waals surface area contributed by atoms with Gasteiger partial charge in [-0.2, -0.15) is 4.57 Å². The molecule has 3 aromatic rings. The molecule has 3 heteroatoms. The van der Waals surface area contributed by atoms with E-state index in [1.54, 1.807) is 13.8 Å². The van der Waals surface area contributed by atoms with Gasteiger partial charge in [0.15, 0.2) is 0 Å². The molecule has 0 fully saturated rings. The van der Waals surface area contributed by atoms with Gasteiger partial charge in [-0.15, -0.1) is 0 Å². The van der Waals surface area contributed by atoms with Crippen molar-refractivity contribution < 1.29 is 8.96 Å². The molecule has 2 nitrogen and oxygen atoms in total. The Morgan fingerprint density at radius 1 is 1.12 bits per heavy atom. The maximum absolute atomic E-state index is 14.9. The van der Waals surface area contributed by atoms with Crippen molar-refractivity contribution in [3.8, 4) is 17.1 Å². The molecule has 0 radical (unpaired) electrons. The number of aromatic nitrogens is 2. The van der Waals surface area contributed by atoms with Crippen LogP contribution in [0.3, 0.4) is 0 Å². The summed E-state index contributed by atoms with van der Waals surface area (Å²) in [7, 11) is 2.00. The van der Waals surface area contributed by atoms with Crippen LogP contribution in [0.1, 0.15) is 36.1 Å². The van der Waals surface area contributed by atoms with E-state index < -0.39 is 5.67 Å². The Kier molecular flexibility index (Phi) is 4.57. The smallest absolute Gasteiger partial charge is 0.239 e. The van der Waals surface area contributed by atoms with E-state index in [-0.39, 0.29) is 0 Å². The molecule has 2 aromatic carbocycles. The zero-order valence-corrected chi connectivity index (χ0v) is 16.2. The largest absolute Gasteiger partial charge is 0.294 e. The second kappa shape index (κ2) is 6.56. The molecule has 26 heavy (non-hydrogen) atoms. The van der Waals surface area contributed by atoms with Crippen LogP contribution in [0, 0.1) is 13.8 Å². The van der Waals surface area contributed by atoms with Gasteiger partial charge in [0.05, 0.1) is 12.6 Å². The second-order valence-electron chi connectivity index (χ2n) is 7.33. The van der Waals surface area contributed by atoms with E-state index in [0.717, 1.165) is 33.8 Å². The summed E-state index contributed by atoms with van der Waals surface area (Å²) in [5, 5.41) is 0. The molecule has 1 aromatic heterocycles. The SMILES string of the molecule is C=Cc1cc(C)c(-n2cc[n+](C)c2-c2ccccc2C(C)(C)F)c(C)c1. The number of alkyl halides is 1. The quantitative estimate of drug-likeness (QED) is 0.555. The molecule has 1 heterocycles. The zero-order valence-electron chi connectivity index (χ0n) is 16.2. The highest BCUT2D eigenvalue weighted by molar-refractivity contribution is 5.65. The minimum Gasteiger partial charge on any atom is -0.239 e. The van der Waals surface area contributed by atoms with Crippen molar-refractivity contribution in [1.29, 1.82) is 0 Å². The van der Waals surface area contributed by atoms with Gasteiger partial charge in [-0.05, 0) is 62.6 Å². The average molecular weight is 349 g/mol. The first-order valence-electron chi connectivity index (χ1n) is 8.84. The molecular weight excluding hydrogens is 323 g/mol. The van der Waals surface area contributed by atoms with E-state index in [1.165, 1.54) is 0 Å². The minimum atomic E-state index is -1.42. The van der Waals surface area contributed by atoms with Gasteiger partial charge in [0.25, 0.3) is 5.82 Å². The summed E-state index contributed by atoms with van der Waals surface area (Å²) in [6.07, 6.45) is 5.92. The van der Waals surface area contributed by atoms with Crippen molar-refractivity contribution in [2.45, 2.75) is 33.4 Å². The van der Waals surface area contributed by atoms with Gasteiger partial charge in [-0.3, -0.25) is 0 Å². The van der Waals surface area contributed by atoms with Crippen LogP contribution in [0.15, 0.2) is 55.4 Å². The molecule has 0 amide bonds. The van der Waals surface area contributed by atoms with E-state index in [2.05, 4.69) is 37.1 Å². The third-order valence-electron chi connectivity index (χ3n) is 4.80. The molecule has 0 atom stereocenters. The van der Waals surface area contributed by atoms with Crippen LogP contribution in [0.25, 0.3) is 23.2 Å². The average Bonchev–Trinajstić information content (AvgIpc) is 2.94. The Labute approximate surface area is 155 Å². The van der Waals surface area contributed by atoms with Crippen LogP contribution in [-0.4, -0.2) is 4.57 Å². The van der Waals surface area contributed by atoms with Crippen molar-refractivity contribution in [2.75, 3.05) is 0 Å². The molecule has 0 unspecified atom stereocenters. The van der Waals surface area contributed by atoms with Gasteiger partial charge in [0, 0.05) is 5.56 Å². The summed E-state index contributed by atoms with van der Waals surface area (Å²) in [6, 6.07) is 12.0. The van der Waals surface area contributed by atoms with E-state index in [1.807, 2.05) is 54.3 Å². The summed E-state index contributed by atoms with van der Waals surface area (Å²) in [4.78, 5) is 0. The number of aryl methyl sites for hydroxylation is 3. The van der Waals surface area contributed by atoms with E-state index >= 15 is 0 Å². The fraction of sp³-hybridized carbons (Fsp3) is 0.261. The van der Waals surface area contributed by atoms with Crippen molar-refractivity contribution in [3.63, 3.8) is 0 Å². The van der Waals surface area contributed by atoms with Crippen molar-refractivity contribution >= 4 is 6.08 Å². The standard InChI is InChI=1S/C23H26FN2/c1-7-18-14-16(2)21(17(3)15-18)26-13-12-25(6)22(26)19-10-8-9-11-20(19)23(4,5)24/h7-15H,1H2,2-6H3/q+1. The van der Waals surface area contributed by atoms with Crippen LogP contribution in [0.2, 0.25) is 0 Å². The molecule has 134 valence electrons. The Morgan fingerprint density at radius 3 is 2.31 bits per heavy atom. The number of hydrogen-bond acceptors (Lipinski definition) is 0. The van der Waals surface area contributed by atoms with Crippen LogP contribution in [0.5, 0.6) is 0 Å². The van der Waals surface area contributed by atoms with E-state index in [4.69, 9.17) is 0 Å². The minimum absolute atomic E-state index is 0.688. The number of nitrogens with zero attached hydrogens (tertiary/aromatic N) is 2. The lowest BCUT2D eigenvalue weighted by Gasteiger charge is -2.18. The van der Waals surface area contributed by atoms with Gasteiger partial charge >= 0.3 is 0 Å². The number of rotatable bonds is 4. The van der Waals surface area contributed by atoms with Crippen molar-refractivity contribution in [3.05, 3.63) is 77.6 Å². The summed E-state index contributed by atoms with van der Waals surface area (Å²) < 4.78 is 19.1.